The second-order valence-electron chi connectivity index (χ2n) is 5.60. The van der Waals surface area contributed by atoms with E-state index in [-0.39, 0.29) is 0 Å². The van der Waals surface area contributed by atoms with E-state index in [0.717, 1.165) is 24.6 Å². The monoisotopic (exact) mass is 292 g/mol. The van der Waals surface area contributed by atoms with Crippen LogP contribution in [-0.4, -0.2) is 45.9 Å². The highest BCUT2D eigenvalue weighted by Crippen LogP contribution is 2.45. The molecule has 2 heterocycles. The summed E-state index contributed by atoms with van der Waals surface area (Å²) in [4.78, 5) is 2.55. The van der Waals surface area contributed by atoms with Gasteiger partial charge in [0.05, 0.1) is 21.3 Å². The molecule has 116 valence electrons. The van der Waals surface area contributed by atoms with Gasteiger partial charge in [0.1, 0.15) is 0 Å². The highest BCUT2D eigenvalue weighted by molar-refractivity contribution is 5.60. The molecule has 5 heteroatoms. The molecule has 5 nitrogen and oxygen atoms in total. The minimum Gasteiger partial charge on any atom is -0.493 e. The van der Waals surface area contributed by atoms with Crippen LogP contribution in [0.15, 0.2) is 6.07 Å². The van der Waals surface area contributed by atoms with Crippen LogP contribution in [0.2, 0.25) is 0 Å². The first-order valence-corrected chi connectivity index (χ1v) is 7.56. The molecule has 0 bridgehead atoms. The average molecular weight is 292 g/mol. The topological polar surface area (TPSA) is 43.0 Å². The zero-order valence-electron chi connectivity index (χ0n) is 13.1. The standard InChI is InChI=1S/C16H24N2O3/c1-19-14-8-11-12(15(20-2)16(14)21-3)9-17-10-13(11)18-6-4-5-7-18/h8,13,17H,4-7,9-10H2,1-3H3/t13-/m1/s1. The maximum Gasteiger partial charge on any atom is 0.203 e. The molecule has 1 aromatic rings. The summed E-state index contributed by atoms with van der Waals surface area (Å²) in [5.41, 5.74) is 2.50. The molecule has 1 atom stereocenters. The Hall–Kier alpha value is -1.46. The Labute approximate surface area is 126 Å². The lowest BCUT2D eigenvalue weighted by atomic mass is 9.93. The molecule has 0 radical (unpaired) electrons. The predicted octanol–water partition coefficient (Wildman–Crippen LogP) is 1.95. The number of hydrogen-bond acceptors (Lipinski definition) is 5. The Morgan fingerprint density at radius 3 is 2.38 bits per heavy atom. The Morgan fingerprint density at radius 2 is 1.76 bits per heavy atom. The predicted molar refractivity (Wildman–Crippen MR) is 81.4 cm³/mol. The van der Waals surface area contributed by atoms with Gasteiger partial charge in [-0.3, -0.25) is 4.90 Å². The first kappa shape index (κ1) is 14.5. The molecule has 21 heavy (non-hydrogen) atoms. The van der Waals surface area contributed by atoms with Crippen molar-refractivity contribution >= 4 is 0 Å². The third kappa shape index (κ3) is 2.45. The summed E-state index contributed by atoms with van der Waals surface area (Å²) in [5, 5.41) is 3.51. The number of rotatable bonds is 4. The van der Waals surface area contributed by atoms with Crippen molar-refractivity contribution in [1.29, 1.82) is 0 Å². The van der Waals surface area contributed by atoms with E-state index in [2.05, 4.69) is 16.3 Å². The smallest absolute Gasteiger partial charge is 0.203 e. The normalized spacial score (nSPS) is 22.0. The van der Waals surface area contributed by atoms with Crippen LogP contribution in [0.25, 0.3) is 0 Å². The van der Waals surface area contributed by atoms with E-state index >= 15 is 0 Å². The van der Waals surface area contributed by atoms with Crippen LogP contribution in [0, 0.1) is 0 Å². The number of nitrogens with one attached hydrogen (secondary N) is 1. The van der Waals surface area contributed by atoms with Crippen molar-refractivity contribution < 1.29 is 14.2 Å². The van der Waals surface area contributed by atoms with Crippen molar-refractivity contribution in [2.24, 2.45) is 0 Å². The fraction of sp³-hybridized carbons (Fsp3) is 0.625. The van der Waals surface area contributed by atoms with Crippen LogP contribution in [0.4, 0.5) is 0 Å². The van der Waals surface area contributed by atoms with Crippen molar-refractivity contribution in [1.82, 2.24) is 10.2 Å². The third-order valence-corrected chi connectivity index (χ3v) is 4.55. The Bertz CT molecular complexity index is 513. The van der Waals surface area contributed by atoms with Crippen LogP contribution in [0.3, 0.4) is 0 Å². The molecule has 1 aromatic carbocycles. The summed E-state index contributed by atoms with van der Waals surface area (Å²) in [6.07, 6.45) is 2.58. The zero-order chi connectivity index (χ0) is 14.8. The average Bonchev–Trinajstić information content (AvgIpc) is 3.06. The second kappa shape index (κ2) is 6.12. The Morgan fingerprint density at radius 1 is 1.05 bits per heavy atom. The van der Waals surface area contributed by atoms with Gasteiger partial charge in [0, 0.05) is 24.7 Å². The van der Waals surface area contributed by atoms with E-state index in [1.807, 2.05) is 0 Å². The number of benzene rings is 1. The van der Waals surface area contributed by atoms with E-state index in [1.165, 1.54) is 37.1 Å². The molecule has 1 saturated heterocycles. The van der Waals surface area contributed by atoms with E-state index in [1.54, 1.807) is 21.3 Å². The van der Waals surface area contributed by atoms with Crippen molar-refractivity contribution in [3.8, 4) is 17.2 Å². The van der Waals surface area contributed by atoms with Gasteiger partial charge in [-0.25, -0.2) is 0 Å². The summed E-state index contributed by atoms with van der Waals surface area (Å²) in [5.74, 6) is 2.23. The van der Waals surface area contributed by atoms with Gasteiger partial charge in [-0.2, -0.15) is 0 Å². The van der Waals surface area contributed by atoms with Gasteiger partial charge in [-0.05, 0) is 37.6 Å². The van der Waals surface area contributed by atoms with E-state index in [9.17, 15) is 0 Å². The Kier molecular flexibility index (Phi) is 4.22. The lowest BCUT2D eigenvalue weighted by Gasteiger charge is -2.35. The molecular weight excluding hydrogens is 268 g/mol. The number of fused-ring (bicyclic) bond motifs is 1. The van der Waals surface area contributed by atoms with E-state index < -0.39 is 0 Å². The maximum atomic E-state index is 5.62. The molecule has 0 saturated carbocycles. The van der Waals surface area contributed by atoms with Crippen LogP contribution >= 0.6 is 0 Å². The van der Waals surface area contributed by atoms with Crippen molar-refractivity contribution in [2.45, 2.75) is 25.4 Å². The fourth-order valence-corrected chi connectivity index (χ4v) is 3.54. The van der Waals surface area contributed by atoms with Gasteiger partial charge in [-0.15, -0.1) is 0 Å². The minimum absolute atomic E-state index is 0.393. The number of likely N-dealkylation sites (tertiary alicyclic amines) is 1. The van der Waals surface area contributed by atoms with Gasteiger partial charge in [0.15, 0.2) is 11.5 Å². The molecule has 1 fully saturated rings. The minimum atomic E-state index is 0.393. The first-order chi connectivity index (χ1) is 10.3. The number of hydrogen-bond donors (Lipinski definition) is 1. The molecule has 0 aliphatic carbocycles. The lowest BCUT2D eigenvalue weighted by molar-refractivity contribution is 0.224. The molecule has 0 unspecified atom stereocenters. The van der Waals surface area contributed by atoms with Gasteiger partial charge in [0.2, 0.25) is 5.75 Å². The van der Waals surface area contributed by atoms with Gasteiger partial charge in [0.25, 0.3) is 0 Å². The van der Waals surface area contributed by atoms with E-state index in [0.29, 0.717) is 11.8 Å². The molecule has 3 rings (SSSR count). The second-order valence-corrected chi connectivity index (χ2v) is 5.60. The van der Waals surface area contributed by atoms with Crippen LogP contribution in [0.5, 0.6) is 17.2 Å². The molecule has 0 aromatic heterocycles. The summed E-state index contributed by atoms with van der Waals surface area (Å²) < 4.78 is 16.6. The molecule has 1 N–H and O–H groups in total. The molecular formula is C16H24N2O3. The molecule has 0 amide bonds. The molecule has 2 aliphatic heterocycles. The highest BCUT2D eigenvalue weighted by Gasteiger charge is 2.32. The largest absolute Gasteiger partial charge is 0.493 e. The van der Waals surface area contributed by atoms with Crippen LogP contribution in [-0.2, 0) is 6.54 Å². The summed E-state index contributed by atoms with van der Waals surface area (Å²) in [6.45, 7) is 4.12. The van der Waals surface area contributed by atoms with Crippen molar-refractivity contribution in [3.63, 3.8) is 0 Å². The molecule has 0 spiro atoms. The number of nitrogens with zero attached hydrogens (tertiary/aromatic N) is 1. The number of methoxy groups -OCH3 is 3. The van der Waals surface area contributed by atoms with Crippen molar-refractivity contribution in [3.05, 3.63) is 17.2 Å². The lowest BCUT2D eigenvalue weighted by Crippen LogP contribution is -2.38. The van der Waals surface area contributed by atoms with Crippen LogP contribution in [0.1, 0.15) is 30.0 Å². The third-order valence-electron chi connectivity index (χ3n) is 4.55. The van der Waals surface area contributed by atoms with Crippen molar-refractivity contribution in [2.75, 3.05) is 41.0 Å². The highest BCUT2D eigenvalue weighted by atomic mass is 16.5. The first-order valence-electron chi connectivity index (χ1n) is 7.56. The fourth-order valence-electron chi connectivity index (χ4n) is 3.54. The summed E-state index contributed by atoms with van der Waals surface area (Å²) in [7, 11) is 5.02. The SMILES string of the molecule is COc1cc2c(c(OC)c1OC)CNC[C@H]2N1CCCC1. The van der Waals surface area contributed by atoms with E-state index in [4.69, 9.17) is 14.2 Å². The molecule has 2 aliphatic rings. The Balaban J connectivity index is 2.09. The summed E-state index contributed by atoms with van der Waals surface area (Å²) in [6, 6.07) is 2.52. The number of ether oxygens (including phenoxy) is 3. The van der Waals surface area contributed by atoms with Gasteiger partial charge in [-0.1, -0.05) is 0 Å². The van der Waals surface area contributed by atoms with Gasteiger partial charge < -0.3 is 19.5 Å². The quantitative estimate of drug-likeness (QED) is 0.919. The van der Waals surface area contributed by atoms with Crippen LogP contribution < -0.4 is 19.5 Å². The van der Waals surface area contributed by atoms with Gasteiger partial charge >= 0.3 is 0 Å². The zero-order valence-corrected chi connectivity index (χ0v) is 13.1. The summed E-state index contributed by atoms with van der Waals surface area (Å²) >= 11 is 0. The maximum absolute atomic E-state index is 5.62.